The number of hydrogen-bond acceptors (Lipinski definition) is 3. The highest BCUT2D eigenvalue weighted by molar-refractivity contribution is 7.86. The second-order valence-electron chi connectivity index (χ2n) is 2.70. The minimum Gasteiger partial charge on any atom is -0.398 e. The highest BCUT2D eigenvalue weighted by Crippen LogP contribution is 2.15. The van der Waals surface area contributed by atoms with Crippen molar-refractivity contribution in [2.45, 2.75) is 4.90 Å². The van der Waals surface area contributed by atoms with Crippen molar-refractivity contribution < 1.29 is 9.00 Å². The molecule has 0 aliphatic heterocycles. The van der Waals surface area contributed by atoms with Crippen LogP contribution in [-0.2, 0) is 15.6 Å². The summed E-state index contributed by atoms with van der Waals surface area (Å²) < 4.78 is 11.6. The number of nitrogens with one attached hydrogen (secondary N) is 1. The molecule has 1 rings (SSSR count). The third-order valence-corrected chi connectivity index (χ3v) is 3.09. The van der Waals surface area contributed by atoms with Crippen molar-refractivity contribution in [1.82, 2.24) is 5.32 Å². The fraction of sp³-hybridized carbons (Fsp3) is 0.222. The van der Waals surface area contributed by atoms with Crippen molar-refractivity contribution in [2.75, 3.05) is 18.5 Å². The van der Waals surface area contributed by atoms with E-state index < -0.39 is 10.8 Å². The third kappa shape index (κ3) is 2.56. The van der Waals surface area contributed by atoms with Crippen LogP contribution >= 0.6 is 0 Å². The maximum Gasteiger partial charge on any atom is 0.232 e. The van der Waals surface area contributed by atoms with Crippen molar-refractivity contribution in [2.24, 2.45) is 0 Å². The molecule has 0 spiro atoms. The molecule has 0 saturated heterocycles. The smallest absolute Gasteiger partial charge is 0.232 e. The van der Waals surface area contributed by atoms with Gasteiger partial charge in [0.1, 0.15) is 5.75 Å². The van der Waals surface area contributed by atoms with Crippen molar-refractivity contribution in [3.63, 3.8) is 0 Å². The molecular formula is C9H12N2O2S. The zero-order chi connectivity index (χ0) is 10.6. The molecule has 0 aliphatic carbocycles. The summed E-state index contributed by atoms with van der Waals surface area (Å²) in [5.41, 5.74) is 6.07. The molecule has 3 N–H and O–H groups in total. The molecule has 0 heterocycles. The molecule has 4 nitrogen and oxygen atoms in total. The molecule has 5 heteroatoms. The number of hydrogen-bond donors (Lipinski definition) is 2. The van der Waals surface area contributed by atoms with Crippen LogP contribution in [0.5, 0.6) is 0 Å². The van der Waals surface area contributed by atoms with Gasteiger partial charge in [0.15, 0.2) is 0 Å². The van der Waals surface area contributed by atoms with Crippen LogP contribution in [0.1, 0.15) is 0 Å². The molecule has 0 radical (unpaired) electrons. The molecule has 0 bridgehead atoms. The average Bonchev–Trinajstić information content (AvgIpc) is 2.18. The zero-order valence-corrected chi connectivity index (χ0v) is 8.64. The van der Waals surface area contributed by atoms with Gasteiger partial charge in [-0.2, -0.15) is 0 Å². The van der Waals surface area contributed by atoms with E-state index in [0.717, 1.165) is 0 Å². The highest BCUT2D eigenvalue weighted by atomic mass is 32.2. The van der Waals surface area contributed by atoms with E-state index in [-0.39, 0.29) is 11.7 Å². The van der Waals surface area contributed by atoms with Gasteiger partial charge < -0.3 is 11.1 Å². The summed E-state index contributed by atoms with van der Waals surface area (Å²) in [5, 5.41) is 2.41. The Balaban J connectivity index is 2.80. The Hall–Kier alpha value is -1.36. The van der Waals surface area contributed by atoms with E-state index >= 15 is 0 Å². The molecule has 0 fully saturated rings. The largest absolute Gasteiger partial charge is 0.398 e. The van der Waals surface area contributed by atoms with E-state index in [9.17, 15) is 9.00 Å². The Morgan fingerprint density at radius 3 is 2.71 bits per heavy atom. The number of nitrogen functional groups attached to an aromatic ring is 1. The third-order valence-electron chi connectivity index (χ3n) is 1.71. The van der Waals surface area contributed by atoms with Gasteiger partial charge in [0, 0.05) is 12.7 Å². The van der Waals surface area contributed by atoms with Gasteiger partial charge in [0.05, 0.1) is 15.7 Å². The first-order valence-corrected chi connectivity index (χ1v) is 5.40. The minimum absolute atomic E-state index is 0.0509. The van der Waals surface area contributed by atoms with Crippen LogP contribution < -0.4 is 11.1 Å². The Bertz CT molecular complexity index is 366. The number of carbonyl (C=O) groups excluding carboxylic acids is 1. The minimum atomic E-state index is -1.36. The van der Waals surface area contributed by atoms with Gasteiger partial charge in [-0.05, 0) is 12.1 Å². The van der Waals surface area contributed by atoms with Gasteiger partial charge in [-0.3, -0.25) is 9.00 Å². The lowest BCUT2D eigenvalue weighted by Gasteiger charge is -2.04. The summed E-state index contributed by atoms with van der Waals surface area (Å²) in [4.78, 5) is 11.5. The predicted molar refractivity (Wildman–Crippen MR) is 56.2 cm³/mol. The topological polar surface area (TPSA) is 72.2 Å². The lowest BCUT2D eigenvalue weighted by molar-refractivity contribution is -0.118. The monoisotopic (exact) mass is 212 g/mol. The normalized spacial score (nSPS) is 12.1. The van der Waals surface area contributed by atoms with E-state index in [4.69, 9.17) is 5.73 Å². The lowest BCUT2D eigenvalue weighted by atomic mass is 10.3. The second kappa shape index (κ2) is 4.76. The van der Waals surface area contributed by atoms with Gasteiger partial charge >= 0.3 is 0 Å². The summed E-state index contributed by atoms with van der Waals surface area (Å²) in [6.07, 6.45) is 0. The Labute approximate surface area is 85.0 Å². The van der Waals surface area contributed by atoms with E-state index in [0.29, 0.717) is 10.6 Å². The molecule has 1 atom stereocenters. The molecule has 0 aliphatic rings. The molecule has 76 valence electrons. The number of rotatable bonds is 3. The van der Waals surface area contributed by atoms with E-state index in [1.54, 1.807) is 24.3 Å². The molecule has 0 aromatic heterocycles. The van der Waals surface area contributed by atoms with Crippen LogP contribution in [0.3, 0.4) is 0 Å². The summed E-state index contributed by atoms with van der Waals surface area (Å²) in [5.74, 6) is -0.309. The number of para-hydroxylation sites is 1. The number of nitrogens with two attached hydrogens (primary N) is 1. The second-order valence-corrected chi connectivity index (χ2v) is 4.12. The predicted octanol–water partition coefficient (Wildman–Crippen LogP) is 0.122. The zero-order valence-electron chi connectivity index (χ0n) is 7.82. The molecular weight excluding hydrogens is 200 g/mol. The fourth-order valence-electron chi connectivity index (χ4n) is 0.957. The first kappa shape index (κ1) is 10.7. The van der Waals surface area contributed by atoms with Crippen LogP contribution in [0.25, 0.3) is 0 Å². The first-order chi connectivity index (χ1) is 6.65. The van der Waals surface area contributed by atoms with Gasteiger partial charge in [0.2, 0.25) is 5.91 Å². The standard InChI is InChI=1S/C9H12N2O2S/c1-11-9(12)6-14(13)8-5-3-2-4-7(8)10/h2-5H,6,10H2,1H3,(H,11,12). The number of benzene rings is 1. The van der Waals surface area contributed by atoms with Gasteiger partial charge in [0.25, 0.3) is 0 Å². The van der Waals surface area contributed by atoms with Crippen molar-refractivity contribution in [1.29, 1.82) is 0 Å². The maximum atomic E-state index is 11.6. The molecule has 14 heavy (non-hydrogen) atoms. The molecule has 1 amide bonds. The van der Waals surface area contributed by atoms with E-state index in [1.165, 1.54) is 7.05 Å². The summed E-state index contributed by atoms with van der Waals surface area (Å²) in [6.45, 7) is 0. The van der Waals surface area contributed by atoms with E-state index in [2.05, 4.69) is 5.32 Å². The van der Waals surface area contributed by atoms with Crippen LogP contribution in [0.15, 0.2) is 29.2 Å². The number of anilines is 1. The average molecular weight is 212 g/mol. The van der Waals surface area contributed by atoms with Gasteiger partial charge in [-0.15, -0.1) is 0 Å². The Kier molecular flexibility index (Phi) is 3.64. The number of carbonyl (C=O) groups is 1. The highest BCUT2D eigenvalue weighted by Gasteiger charge is 2.10. The Morgan fingerprint density at radius 2 is 2.14 bits per heavy atom. The van der Waals surface area contributed by atoms with Crippen LogP contribution in [0.4, 0.5) is 5.69 Å². The molecule has 1 aromatic carbocycles. The van der Waals surface area contributed by atoms with Crippen LogP contribution in [0, 0.1) is 0 Å². The van der Waals surface area contributed by atoms with Crippen molar-refractivity contribution in [3.8, 4) is 0 Å². The fourth-order valence-corrected chi connectivity index (χ4v) is 2.06. The quantitative estimate of drug-likeness (QED) is 0.699. The van der Waals surface area contributed by atoms with Gasteiger partial charge in [-0.1, -0.05) is 12.1 Å². The molecule has 1 aromatic rings. The van der Waals surface area contributed by atoms with Crippen LogP contribution in [0.2, 0.25) is 0 Å². The maximum absolute atomic E-state index is 11.6. The van der Waals surface area contributed by atoms with Crippen molar-refractivity contribution >= 4 is 22.4 Å². The Morgan fingerprint density at radius 1 is 1.50 bits per heavy atom. The first-order valence-electron chi connectivity index (χ1n) is 4.08. The summed E-state index contributed by atoms with van der Waals surface area (Å²) in [7, 11) is 0.146. The lowest BCUT2D eigenvalue weighted by Crippen LogP contribution is -2.24. The molecule has 1 unspecified atom stereocenters. The van der Waals surface area contributed by atoms with Crippen molar-refractivity contribution in [3.05, 3.63) is 24.3 Å². The SMILES string of the molecule is CNC(=O)CS(=O)c1ccccc1N. The van der Waals surface area contributed by atoms with Gasteiger partial charge in [-0.25, -0.2) is 0 Å². The number of amides is 1. The summed E-state index contributed by atoms with van der Waals surface area (Å²) in [6, 6.07) is 6.83. The van der Waals surface area contributed by atoms with Crippen LogP contribution in [-0.4, -0.2) is 22.9 Å². The molecule has 0 saturated carbocycles. The van der Waals surface area contributed by atoms with E-state index in [1.807, 2.05) is 0 Å². The summed E-state index contributed by atoms with van der Waals surface area (Å²) >= 11 is 0.